The summed E-state index contributed by atoms with van der Waals surface area (Å²) in [6.45, 7) is 8.39. The third kappa shape index (κ3) is 2.31. The van der Waals surface area contributed by atoms with E-state index < -0.39 is 0 Å². The maximum Gasteiger partial charge on any atom is 0.0737 e. The van der Waals surface area contributed by atoms with Crippen LogP contribution in [0.2, 0.25) is 0 Å². The van der Waals surface area contributed by atoms with E-state index in [-0.39, 0.29) is 0 Å². The van der Waals surface area contributed by atoms with Crippen LogP contribution in [0.15, 0.2) is 37.0 Å². The Hall–Kier alpha value is -2.48. The Morgan fingerprint density at radius 2 is 2.12 bits per heavy atom. The minimum Gasteiger partial charge on any atom is -0.339 e. The molecular formula is C23H26N2. The maximum atomic E-state index is 6.61. The number of hydrogen-bond acceptors (Lipinski definition) is 1. The second kappa shape index (κ2) is 6.11. The van der Waals surface area contributed by atoms with Crippen molar-refractivity contribution in [2.75, 3.05) is 5.84 Å². The number of fused-ring (bicyclic) bond motifs is 5. The molecule has 1 unspecified atom stereocenters. The lowest BCUT2D eigenvalue weighted by Gasteiger charge is -2.24. The number of nitrogen functional groups attached to an aromatic ring is 1. The Kier molecular flexibility index (Phi) is 3.91. The average molecular weight is 330 g/mol. The van der Waals surface area contributed by atoms with Crippen molar-refractivity contribution in [2.24, 2.45) is 0 Å². The van der Waals surface area contributed by atoms with E-state index in [9.17, 15) is 0 Å². The largest absolute Gasteiger partial charge is 0.339 e. The van der Waals surface area contributed by atoms with Gasteiger partial charge in [0.2, 0.25) is 0 Å². The van der Waals surface area contributed by atoms with Crippen molar-refractivity contribution in [3.05, 3.63) is 70.5 Å². The Morgan fingerprint density at radius 3 is 2.92 bits per heavy atom. The van der Waals surface area contributed by atoms with Crippen LogP contribution in [0.1, 0.15) is 59.2 Å². The molecule has 0 amide bonds. The predicted molar refractivity (Wildman–Crippen MR) is 109 cm³/mol. The summed E-state index contributed by atoms with van der Waals surface area (Å²) in [5.74, 6) is 7.13. The summed E-state index contributed by atoms with van der Waals surface area (Å²) < 4.78 is 1.95. The predicted octanol–water partition coefficient (Wildman–Crippen LogP) is 5.43. The van der Waals surface area contributed by atoms with E-state index in [0.29, 0.717) is 5.92 Å². The van der Waals surface area contributed by atoms with Gasteiger partial charge in [-0.15, -0.1) is 0 Å². The van der Waals surface area contributed by atoms with Gasteiger partial charge >= 0.3 is 0 Å². The zero-order valence-electron chi connectivity index (χ0n) is 15.2. The second-order valence-corrected chi connectivity index (χ2v) is 7.23. The van der Waals surface area contributed by atoms with E-state index in [2.05, 4.69) is 50.8 Å². The Bertz CT molecular complexity index is 951. The fourth-order valence-corrected chi connectivity index (χ4v) is 4.58. The van der Waals surface area contributed by atoms with Gasteiger partial charge in [-0.1, -0.05) is 56.0 Å². The van der Waals surface area contributed by atoms with Crippen LogP contribution in [0, 0.1) is 6.92 Å². The lowest BCUT2D eigenvalue weighted by molar-refractivity contribution is 0.770. The number of aromatic nitrogens is 1. The summed E-state index contributed by atoms with van der Waals surface area (Å²) >= 11 is 0. The lowest BCUT2D eigenvalue weighted by Crippen LogP contribution is -2.14. The molecule has 0 saturated carbocycles. The average Bonchev–Trinajstić information content (AvgIpc) is 2.76. The Morgan fingerprint density at radius 1 is 1.28 bits per heavy atom. The van der Waals surface area contributed by atoms with Gasteiger partial charge in [0.25, 0.3) is 0 Å². The van der Waals surface area contributed by atoms with Gasteiger partial charge in [-0.05, 0) is 59.9 Å². The van der Waals surface area contributed by atoms with E-state index in [1.165, 1.54) is 44.4 Å². The van der Waals surface area contributed by atoms with E-state index >= 15 is 0 Å². The molecular weight excluding hydrogens is 304 g/mol. The first-order chi connectivity index (χ1) is 12.1. The molecule has 0 bridgehead atoms. The van der Waals surface area contributed by atoms with Crippen LogP contribution in [-0.2, 0) is 12.8 Å². The topological polar surface area (TPSA) is 30.9 Å². The smallest absolute Gasteiger partial charge is 0.0737 e. The third-order valence-corrected chi connectivity index (χ3v) is 5.73. The molecule has 2 aromatic rings. The molecule has 2 heteroatoms. The molecule has 1 heterocycles. The highest BCUT2D eigenvalue weighted by molar-refractivity contribution is 6.00. The molecule has 0 radical (unpaired) electrons. The fraction of sp³-hybridized carbons (Fsp3) is 0.304. The lowest BCUT2D eigenvalue weighted by atomic mass is 9.80. The molecule has 0 saturated heterocycles. The highest BCUT2D eigenvalue weighted by Crippen LogP contribution is 2.43. The summed E-state index contributed by atoms with van der Waals surface area (Å²) in [5, 5.41) is 1.38. The molecule has 128 valence electrons. The molecule has 0 aliphatic heterocycles. The summed E-state index contributed by atoms with van der Waals surface area (Å²) in [6, 6.07) is 0. The quantitative estimate of drug-likeness (QED) is 0.444. The van der Waals surface area contributed by atoms with Crippen molar-refractivity contribution in [3.63, 3.8) is 0 Å². The second-order valence-electron chi connectivity index (χ2n) is 7.23. The number of aryl methyl sites for hydroxylation is 2. The molecule has 2 nitrogen and oxygen atoms in total. The summed E-state index contributed by atoms with van der Waals surface area (Å²) in [5.41, 5.74) is 9.36. The van der Waals surface area contributed by atoms with E-state index in [4.69, 9.17) is 5.84 Å². The standard InChI is InChI=1S/C23H26N2/c1-4-5-11-17-16(3)23-22(19-13-9-10-15(2)21(17)19)18-12-7-6-8-14-20(18)25(23)24/h4-6,8-9,11,13,15H,1,7,10,12,14,24H2,2-3H3/b11-5-. The summed E-state index contributed by atoms with van der Waals surface area (Å²) in [6.07, 6.45) is 19.5. The number of nitrogens with zero attached hydrogens (tertiary/aromatic N) is 1. The molecule has 2 N–H and O–H groups in total. The zero-order valence-corrected chi connectivity index (χ0v) is 15.2. The molecule has 4 rings (SSSR count). The van der Waals surface area contributed by atoms with Crippen LogP contribution in [0.25, 0.3) is 23.1 Å². The molecule has 2 aliphatic rings. The molecule has 25 heavy (non-hydrogen) atoms. The molecule has 0 spiro atoms. The van der Waals surface area contributed by atoms with Crippen molar-refractivity contribution in [3.8, 4) is 0 Å². The SMILES string of the molecule is C=C/C=C\c1c2c(c3c4c(n(N)c3c1C)CC=CCC4)C=CCC2C. The maximum absolute atomic E-state index is 6.61. The highest BCUT2D eigenvalue weighted by Gasteiger charge is 2.27. The Labute approximate surface area is 150 Å². The van der Waals surface area contributed by atoms with E-state index in [0.717, 1.165) is 25.7 Å². The van der Waals surface area contributed by atoms with Gasteiger partial charge in [0.1, 0.15) is 0 Å². The Balaban J connectivity index is 2.17. The first-order valence-electron chi connectivity index (χ1n) is 9.23. The molecule has 1 atom stereocenters. The summed E-state index contributed by atoms with van der Waals surface area (Å²) in [7, 11) is 0. The van der Waals surface area contributed by atoms with Crippen LogP contribution >= 0.6 is 0 Å². The van der Waals surface area contributed by atoms with Gasteiger partial charge in [-0.3, -0.25) is 4.68 Å². The minimum atomic E-state index is 0.522. The van der Waals surface area contributed by atoms with Gasteiger partial charge in [-0.2, -0.15) is 0 Å². The van der Waals surface area contributed by atoms with Crippen molar-refractivity contribution in [1.29, 1.82) is 0 Å². The third-order valence-electron chi connectivity index (χ3n) is 5.73. The van der Waals surface area contributed by atoms with Gasteiger partial charge < -0.3 is 5.84 Å². The van der Waals surface area contributed by atoms with E-state index in [1.807, 2.05) is 16.8 Å². The van der Waals surface area contributed by atoms with Gasteiger partial charge in [-0.25, -0.2) is 0 Å². The first kappa shape index (κ1) is 16.0. The number of hydrogen-bond donors (Lipinski definition) is 1. The fourth-order valence-electron chi connectivity index (χ4n) is 4.58. The minimum absolute atomic E-state index is 0.522. The normalized spacial score (nSPS) is 19.2. The monoisotopic (exact) mass is 330 g/mol. The van der Waals surface area contributed by atoms with Crippen molar-refractivity contribution in [2.45, 2.75) is 45.4 Å². The van der Waals surface area contributed by atoms with Gasteiger partial charge in [0.15, 0.2) is 0 Å². The van der Waals surface area contributed by atoms with Crippen molar-refractivity contribution in [1.82, 2.24) is 4.68 Å². The molecule has 0 fully saturated rings. The summed E-state index contributed by atoms with van der Waals surface area (Å²) in [4.78, 5) is 0. The highest BCUT2D eigenvalue weighted by atomic mass is 15.3. The zero-order chi connectivity index (χ0) is 17.6. The van der Waals surface area contributed by atoms with Crippen LogP contribution in [0.3, 0.4) is 0 Å². The van der Waals surface area contributed by atoms with Crippen molar-refractivity contribution < 1.29 is 0 Å². The number of benzene rings is 1. The van der Waals surface area contributed by atoms with E-state index in [1.54, 1.807) is 0 Å². The molecule has 1 aromatic carbocycles. The molecule has 1 aromatic heterocycles. The van der Waals surface area contributed by atoms with Crippen molar-refractivity contribution >= 4 is 23.1 Å². The first-order valence-corrected chi connectivity index (χ1v) is 9.23. The number of rotatable bonds is 2. The van der Waals surface area contributed by atoms with Gasteiger partial charge in [0, 0.05) is 17.5 Å². The van der Waals surface area contributed by atoms with Crippen LogP contribution < -0.4 is 5.84 Å². The van der Waals surface area contributed by atoms with Gasteiger partial charge in [0.05, 0.1) is 5.52 Å². The van der Waals surface area contributed by atoms with Crippen LogP contribution in [0.5, 0.6) is 0 Å². The molecule has 2 aliphatic carbocycles. The number of allylic oxidation sites excluding steroid dienone is 5. The number of nitrogens with two attached hydrogens (primary N) is 1. The van der Waals surface area contributed by atoms with Crippen LogP contribution in [0.4, 0.5) is 0 Å². The van der Waals surface area contributed by atoms with Crippen LogP contribution in [-0.4, -0.2) is 4.68 Å².